The van der Waals surface area contributed by atoms with Crippen molar-refractivity contribution in [2.24, 2.45) is 5.92 Å². The van der Waals surface area contributed by atoms with Gasteiger partial charge in [0.1, 0.15) is 0 Å². The quantitative estimate of drug-likeness (QED) is 0.660. The molecule has 0 bridgehead atoms. The van der Waals surface area contributed by atoms with Gasteiger partial charge in [-0.15, -0.1) is 0 Å². The van der Waals surface area contributed by atoms with E-state index in [1.54, 1.807) is 0 Å². The second-order valence-corrected chi connectivity index (χ2v) is 4.63. The summed E-state index contributed by atoms with van der Waals surface area (Å²) in [4.78, 5) is 0. The summed E-state index contributed by atoms with van der Waals surface area (Å²) in [7, 11) is 0. The van der Waals surface area contributed by atoms with E-state index in [2.05, 4.69) is 26.1 Å². The molecular formula is C10H21NO. The van der Waals surface area contributed by atoms with Gasteiger partial charge in [-0.3, -0.25) is 0 Å². The van der Waals surface area contributed by atoms with Crippen LogP contribution in [0.2, 0.25) is 0 Å². The number of aliphatic hydroxyl groups is 1. The monoisotopic (exact) mass is 171 g/mol. The summed E-state index contributed by atoms with van der Waals surface area (Å²) in [5.74, 6) is 0.597. The summed E-state index contributed by atoms with van der Waals surface area (Å²) < 4.78 is 0. The highest BCUT2D eigenvalue weighted by molar-refractivity contribution is 4.88. The van der Waals surface area contributed by atoms with Crippen molar-refractivity contribution in [2.45, 2.75) is 51.7 Å². The normalized spacial score (nSPS) is 37.2. The minimum Gasteiger partial charge on any atom is -0.390 e. The molecular weight excluding hydrogens is 150 g/mol. The fraction of sp³-hybridized carbons (Fsp3) is 1.00. The first-order chi connectivity index (χ1) is 5.52. The Morgan fingerprint density at radius 2 is 2.25 bits per heavy atom. The first-order valence-electron chi connectivity index (χ1n) is 4.98. The van der Waals surface area contributed by atoms with Crippen LogP contribution in [0.3, 0.4) is 0 Å². The van der Waals surface area contributed by atoms with Gasteiger partial charge in [-0.25, -0.2) is 0 Å². The Bertz CT molecular complexity index is 143. The summed E-state index contributed by atoms with van der Waals surface area (Å²) in [5.41, 5.74) is -0.390. The van der Waals surface area contributed by atoms with Crippen LogP contribution in [-0.4, -0.2) is 23.3 Å². The highest BCUT2D eigenvalue weighted by Crippen LogP contribution is 2.28. The molecule has 1 saturated heterocycles. The Balaban J connectivity index is 2.45. The molecule has 2 nitrogen and oxygen atoms in total. The van der Waals surface area contributed by atoms with Gasteiger partial charge in [-0.1, -0.05) is 13.8 Å². The van der Waals surface area contributed by atoms with Gasteiger partial charge in [0.05, 0.1) is 5.60 Å². The maximum atomic E-state index is 10.2. The van der Waals surface area contributed by atoms with Crippen LogP contribution in [0.25, 0.3) is 0 Å². The predicted octanol–water partition coefficient (Wildman–Crippen LogP) is 1.54. The minimum absolute atomic E-state index is 0.390. The van der Waals surface area contributed by atoms with Crippen molar-refractivity contribution < 1.29 is 5.11 Å². The number of nitrogens with one attached hydrogen (secondary N) is 1. The van der Waals surface area contributed by atoms with E-state index in [0.717, 1.165) is 25.8 Å². The van der Waals surface area contributed by atoms with E-state index in [4.69, 9.17) is 0 Å². The molecule has 1 aliphatic heterocycles. The molecule has 1 rings (SSSR count). The first kappa shape index (κ1) is 10.0. The third-order valence-electron chi connectivity index (χ3n) is 2.56. The third-order valence-corrected chi connectivity index (χ3v) is 2.56. The van der Waals surface area contributed by atoms with E-state index in [9.17, 15) is 5.11 Å². The molecule has 0 aromatic rings. The van der Waals surface area contributed by atoms with E-state index in [-0.39, 0.29) is 0 Å². The molecule has 1 fully saturated rings. The molecule has 0 aliphatic carbocycles. The van der Waals surface area contributed by atoms with Gasteiger partial charge in [-0.05, 0) is 38.6 Å². The summed E-state index contributed by atoms with van der Waals surface area (Å²) >= 11 is 0. The Morgan fingerprint density at radius 1 is 1.58 bits per heavy atom. The smallest absolute Gasteiger partial charge is 0.0677 e. The molecule has 0 unspecified atom stereocenters. The number of piperidine rings is 1. The Labute approximate surface area is 75.4 Å². The summed E-state index contributed by atoms with van der Waals surface area (Å²) in [6, 6.07) is 0.475. The van der Waals surface area contributed by atoms with E-state index < -0.39 is 5.60 Å². The molecule has 2 heteroatoms. The molecule has 0 spiro atoms. The standard InChI is InChI=1S/C10H21NO/c1-8(2)6-10(12)4-5-11-9(3)7-10/h8-9,11-12H,4-7H2,1-3H3/t9-,10+/m0/s1. The Hall–Kier alpha value is -0.0800. The lowest BCUT2D eigenvalue weighted by molar-refractivity contribution is -0.0190. The second-order valence-electron chi connectivity index (χ2n) is 4.63. The predicted molar refractivity (Wildman–Crippen MR) is 51.1 cm³/mol. The van der Waals surface area contributed by atoms with E-state index in [1.165, 1.54) is 0 Å². The molecule has 0 saturated carbocycles. The highest BCUT2D eigenvalue weighted by Gasteiger charge is 2.32. The van der Waals surface area contributed by atoms with Gasteiger partial charge >= 0.3 is 0 Å². The SMILES string of the molecule is CC(C)C[C@]1(O)CCN[C@@H](C)C1. The van der Waals surface area contributed by atoms with Crippen molar-refractivity contribution in [1.29, 1.82) is 0 Å². The van der Waals surface area contributed by atoms with Crippen molar-refractivity contribution in [3.05, 3.63) is 0 Å². The van der Waals surface area contributed by atoms with Crippen molar-refractivity contribution >= 4 is 0 Å². The van der Waals surface area contributed by atoms with Crippen molar-refractivity contribution in [1.82, 2.24) is 5.32 Å². The lowest BCUT2D eigenvalue weighted by Gasteiger charge is -2.37. The maximum Gasteiger partial charge on any atom is 0.0677 e. The van der Waals surface area contributed by atoms with Crippen LogP contribution in [-0.2, 0) is 0 Å². The van der Waals surface area contributed by atoms with Gasteiger partial charge in [0.25, 0.3) is 0 Å². The van der Waals surface area contributed by atoms with Gasteiger partial charge < -0.3 is 10.4 Å². The first-order valence-corrected chi connectivity index (χ1v) is 4.98. The summed E-state index contributed by atoms with van der Waals surface area (Å²) in [5, 5.41) is 13.5. The van der Waals surface area contributed by atoms with Crippen LogP contribution in [0.1, 0.15) is 40.0 Å². The Morgan fingerprint density at radius 3 is 2.75 bits per heavy atom. The summed E-state index contributed by atoms with van der Waals surface area (Å²) in [6.07, 6.45) is 2.76. The topological polar surface area (TPSA) is 32.3 Å². The molecule has 0 amide bonds. The third kappa shape index (κ3) is 2.76. The van der Waals surface area contributed by atoms with Crippen LogP contribution >= 0.6 is 0 Å². The fourth-order valence-corrected chi connectivity index (χ4v) is 2.24. The largest absolute Gasteiger partial charge is 0.390 e. The number of hydrogen-bond donors (Lipinski definition) is 2. The molecule has 12 heavy (non-hydrogen) atoms. The van der Waals surface area contributed by atoms with Crippen LogP contribution in [0.15, 0.2) is 0 Å². The number of hydrogen-bond acceptors (Lipinski definition) is 2. The van der Waals surface area contributed by atoms with Crippen LogP contribution < -0.4 is 5.32 Å². The molecule has 2 N–H and O–H groups in total. The van der Waals surface area contributed by atoms with Gasteiger partial charge in [-0.2, -0.15) is 0 Å². The zero-order chi connectivity index (χ0) is 9.19. The Kier molecular flexibility index (Phi) is 3.13. The molecule has 1 heterocycles. The van der Waals surface area contributed by atoms with E-state index in [0.29, 0.717) is 12.0 Å². The lowest BCUT2D eigenvalue weighted by Crippen LogP contribution is -2.47. The molecule has 0 aromatic heterocycles. The van der Waals surface area contributed by atoms with E-state index in [1.807, 2.05) is 0 Å². The minimum atomic E-state index is -0.390. The van der Waals surface area contributed by atoms with Crippen LogP contribution in [0.4, 0.5) is 0 Å². The van der Waals surface area contributed by atoms with Crippen molar-refractivity contribution in [3.8, 4) is 0 Å². The zero-order valence-electron chi connectivity index (χ0n) is 8.43. The molecule has 1 aliphatic rings. The molecule has 0 radical (unpaired) electrons. The zero-order valence-corrected chi connectivity index (χ0v) is 8.43. The van der Waals surface area contributed by atoms with Gasteiger partial charge in [0.15, 0.2) is 0 Å². The van der Waals surface area contributed by atoms with Crippen LogP contribution in [0, 0.1) is 5.92 Å². The van der Waals surface area contributed by atoms with Crippen LogP contribution in [0.5, 0.6) is 0 Å². The van der Waals surface area contributed by atoms with Crippen molar-refractivity contribution in [2.75, 3.05) is 6.54 Å². The molecule has 0 aromatic carbocycles. The average molecular weight is 171 g/mol. The highest BCUT2D eigenvalue weighted by atomic mass is 16.3. The van der Waals surface area contributed by atoms with Crippen molar-refractivity contribution in [3.63, 3.8) is 0 Å². The lowest BCUT2D eigenvalue weighted by atomic mass is 9.82. The van der Waals surface area contributed by atoms with Gasteiger partial charge in [0, 0.05) is 6.04 Å². The molecule has 72 valence electrons. The molecule has 2 atom stereocenters. The fourth-order valence-electron chi connectivity index (χ4n) is 2.24. The summed E-state index contributed by atoms with van der Waals surface area (Å²) in [6.45, 7) is 7.45. The average Bonchev–Trinajstić information content (AvgIpc) is 1.82. The van der Waals surface area contributed by atoms with Gasteiger partial charge in [0.2, 0.25) is 0 Å². The second kappa shape index (κ2) is 3.75. The maximum absolute atomic E-state index is 10.2. The number of rotatable bonds is 2. The van der Waals surface area contributed by atoms with E-state index >= 15 is 0 Å².